The van der Waals surface area contributed by atoms with Crippen LogP contribution >= 0.6 is 12.4 Å². The van der Waals surface area contributed by atoms with E-state index in [0.717, 1.165) is 44.1 Å². The molecule has 2 aromatic rings. The molecule has 1 aromatic carbocycles. The van der Waals surface area contributed by atoms with Crippen molar-refractivity contribution in [3.05, 3.63) is 53.6 Å². The topological polar surface area (TPSA) is 33.1 Å². The molecular weight excluding hydrogens is 382 g/mol. The molecule has 1 saturated carbocycles. The molecule has 1 unspecified atom stereocenters. The standard InChI is InChI=1S/C21H28F2N4.ClH/c1-2-26-12-11-25-19(26)15-27(18-13-21(18)7-9-24-10-8-21)14-16-3-5-17(6-4-16)20(22)23;/h3-6,11-12,18,20,24H,2,7-10,13-15H2,1H3;1H. The zero-order chi connectivity index (χ0) is 18.9. The van der Waals surface area contributed by atoms with Crippen LogP contribution < -0.4 is 5.32 Å². The fourth-order valence-electron chi connectivity index (χ4n) is 4.55. The Labute approximate surface area is 171 Å². The number of imidazole rings is 1. The summed E-state index contributed by atoms with van der Waals surface area (Å²) in [5, 5.41) is 3.46. The van der Waals surface area contributed by atoms with E-state index in [4.69, 9.17) is 0 Å². The van der Waals surface area contributed by atoms with E-state index in [0.29, 0.717) is 11.5 Å². The third-order valence-electron chi connectivity index (χ3n) is 6.29. The molecule has 1 spiro atoms. The van der Waals surface area contributed by atoms with Gasteiger partial charge in [-0.3, -0.25) is 4.90 Å². The Kier molecular flexibility index (Phi) is 6.73. The highest BCUT2D eigenvalue weighted by Gasteiger charge is 2.56. The summed E-state index contributed by atoms with van der Waals surface area (Å²) in [5.74, 6) is 1.08. The lowest BCUT2D eigenvalue weighted by atomic mass is 9.93. The van der Waals surface area contributed by atoms with Gasteiger partial charge in [-0.15, -0.1) is 12.4 Å². The van der Waals surface area contributed by atoms with E-state index in [2.05, 4.69) is 26.7 Å². The predicted octanol–water partition coefficient (Wildman–Crippen LogP) is 4.41. The summed E-state index contributed by atoms with van der Waals surface area (Å²) < 4.78 is 27.9. The number of halogens is 3. The van der Waals surface area contributed by atoms with E-state index < -0.39 is 6.43 Å². The highest BCUT2D eigenvalue weighted by Crippen LogP contribution is 2.56. The highest BCUT2D eigenvalue weighted by molar-refractivity contribution is 5.85. The van der Waals surface area contributed by atoms with Crippen LogP contribution in [0.3, 0.4) is 0 Å². The normalized spacial score (nSPS) is 20.5. The van der Waals surface area contributed by atoms with Crippen molar-refractivity contribution in [1.82, 2.24) is 19.8 Å². The summed E-state index contributed by atoms with van der Waals surface area (Å²) in [7, 11) is 0. The molecule has 2 heterocycles. The van der Waals surface area contributed by atoms with Crippen LogP contribution in [0.25, 0.3) is 0 Å². The average Bonchev–Trinajstić information content (AvgIpc) is 3.17. The van der Waals surface area contributed by atoms with Crippen LogP contribution in [0.1, 0.15) is 49.6 Å². The van der Waals surface area contributed by atoms with Gasteiger partial charge in [0, 0.05) is 37.1 Å². The van der Waals surface area contributed by atoms with Gasteiger partial charge < -0.3 is 9.88 Å². The molecule has 0 bridgehead atoms. The monoisotopic (exact) mass is 410 g/mol. The van der Waals surface area contributed by atoms with Crippen molar-refractivity contribution in [2.75, 3.05) is 13.1 Å². The van der Waals surface area contributed by atoms with Crippen LogP contribution in [0.2, 0.25) is 0 Å². The molecule has 154 valence electrons. The minimum Gasteiger partial charge on any atom is -0.334 e. The zero-order valence-corrected chi connectivity index (χ0v) is 17.1. The number of benzene rings is 1. The van der Waals surface area contributed by atoms with E-state index in [1.807, 2.05) is 24.5 Å². The summed E-state index contributed by atoms with van der Waals surface area (Å²) in [6.07, 6.45) is 5.16. The second kappa shape index (κ2) is 8.89. The first kappa shape index (κ1) is 21.2. The van der Waals surface area contributed by atoms with Crippen molar-refractivity contribution in [1.29, 1.82) is 0 Å². The molecule has 0 radical (unpaired) electrons. The number of aromatic nitrogens is 2. The number of rotatable bonds is 7. The first-order chi connectivity index (χ1) is 13.1. The maximum Gasteiger partial charge on any atom is 0.263 e. The number of nitrogens with one attached hydrogen (secondary N) is 1. The third-order valence-corrected chi connectivity index (χ3v) is 6.29. The summed E-state index contributed by atoms with van der Waals surface area (Å²) in [6, 6.07) is 7.35. The van der Waals surface area contributed by atoms with E-state index >= 15 is 0 Å². The second-order valence-corrected chi connectivity index (χ2v) is 7.91. The Hall–Kier alpha value is -1.50. The average molecular weight is 411 g/mol. The van der Waals surface area contributed by atoms with E-state index in [1.54, 1.807) is 12.1 Å². The van der Waals surface area contributed by atoms with Crippen molar-refractivity contribution in [3.63, 3.8) is 0 Å². The molecule has 1 atom stereocenters. The Morgan fingerprint density at radius 1 is 1.21 bits per heavy atom. The minimum absolute atomic E-state index is 0. The molecule has 1 aliphatic carbocycles. The number of piperidine rings is 1. The Balaban J connectivity index is 0.00000225. The number of hydrogen-bond acceptors (Lipinski definition) is 3. The molecule has 2 aliphatic rings. The van der Waals surface area contributed by atoms with Crippen LogP contribution in [0.4, 0.5) is 8.78 Å². The van der Waals surface area contributed by atoms with Gasteiger partial charge >= 0.3 is 0 Å². The van der Waals surface area contributed by atoms with Crippen LogP contribution in [-0.4, -0.2) is 33.6 Å². The van der Waals surface area contributed by atoms with Crippen molar-refractivity contribution >= 4 is 12.4 Å². The predicted molar refractivity (Wildman–Crippen MR) is 109 cm³/mol. The molecule has 1 saturated heterocycles. The number of nitrogens with zero attached hydrogens (tertiary/aromatic N) is 3. The van der Waals surface area contributed by atoms with Gasteiger partial charge in [-0.25, -0.2) is 13.8 Å². The lowest BCUT2D eigenvalue weighted by molar-refractivity contribution is 0.151. The molecule has 4 nitrogen and oxygen atoms in total. The summed E-state index contributed by atoms with van der Waals surface area (Å²) >= 11 is 0. The Bertz CT molecular complexity index is 756. The van der Waals surface area contributed by atoms with Gasteiger partial charge in [0.1, 0.15) is 5.82 Å². The Morgan fingerprint density at radius 3 is 2.57 bits per heavy atom. The minimum atomic E-state index is -2.41. The highest BCUT2D eigenvalue weighted by atomic mass is 35.5. The van der Waals surface area contributed by atoms with Crippen molar-refractivity contribution in [2.24, 2.45) is 5.41 Å². The molecule has 1 aliphatic heterocycles. The zero-order valence-electron chi connectivity index (χ0n) is 16.3. The molecule has 2 fully saturated rings. The van der Waals surface area contributed by atoms with Crippen LogP contribution in [0, 0.1) is 5.41 Å². The second-order valence-electron chi connectivity index (χ2n) is 7.91. The maximum absolute atomic E-state index is 12.8. The largest absolute Gasteiger partial charge is 0.334 e. The van der Waals surface area contributed by atoms with E-state index in [9.17, 15) is 8.78 Å². The Morgan fingerprint density at radius 2 is 1.93 bits per heavy atom. The third kappa shape index (κ3) is 4.39. The van der Waals surface area contributed by atoms with Gasteiger partial charge in [-0.2, -0.15) is 0 Å². The van der Waals surface area contributed by atoms with Gasteiger partial charge in [-0.1, -0.05) is 24.3 Å². The summed E-state index contributed by atoms with van der Waals surface area (Å²) in [6.45, 7) is 6.81. The van der Waals surface area contributed by atoms with Crippen LogP contribution in [0.5, 0.6) is 0 Å². The number of alkyl halides is 2. The molecule has 1 aromatic heterocycles. The number of aryl methyl sites for hydroxylation is 1. The maximum atomic E-state index is 12.8. The molecular formula is C21H29ClF2N4. The molecule has 4 rings (SSSR count). The smallest absolute Gasteiger partial charge is 0.263 e. The van der Waals surface area contributed by atoms with Gasteiger partial charge in [0.05, 0.1) is 6.54 Å². The molecule has 7 heteroatoms. The fourth-order valence-corrected chi connectivity index (χ4v) is 4.55. The summed E-state index contributed by atoms with van der Waals surface area (Å²) in [5.41, 5.74) is 1.61. The fraction of sp³-hybridized carbons (Fsp3) is 0.571. The van der Waals surface area contributed by atoms with E-state index in [-0.39, 0.29) is 18.0 Å². The first-order valence-electron chi connectivity index (χ1n) is 9.93. The molecule has 1 N–H and O–H groups in total. The van der Waals surface area contributed by atoms with Gasteiger partial charge in [0.25, 0.3) is 6.43 Å². The van der Waals surface area contributed by atoms with Gasteiger partial charge in [-0.05, 0) is 50.3 Å². The van der Waals surface area contributed by atoms with Crippen molar-refractivity contribution in [3.8, 4) is 0 Å². The van der Waals surface area contributed by atoms with Gasteiger partial charge in [0.15, 0.2) is 0 Å². The van der Waals surface area contributed by atoms with Crippen molar-refractivity contribution < 1.29 is 8.78 Å². The lowest BCUT2D eigenvalue weighted by Crippen LogP contribution is -2.36. The SMILES string of the molecule is CCn1ccnc1CN(Cc1ccc(C(F)F)cc1)C1CC12CCNCC2.Cl. The number of hydrogen-bond donors (Lipinski definition) is 1. The van der Waals surface area contributed by atoms with E-state index in [1.165, 1.54) is 19.3 Å². The van der Waals surface area contributed by atoms with Crippen molar-refractivity contribution in [2.45, 2.75) is 58.3 Å². The van der Waals surface area contributed by atoms with Crippen LogP contribution in [-0.2, 0) is 19.6 Å². The first-order valence-corrected chi connectivity index (χ1v) is 9.93. The van der Waals surface area contributed by atoms with Gasteiger partial charge in [0.2, 0.25) is 0 Å². The summed E-state index contributed by atoms with van der Waals surface area (Å²) in [4.78, 5) is 7.07. The quantitative estimate of drug-likeness (QED) is 0.734. The molecule has 0 amide bonds. The lowest BCUT2D eigenvalue weighted by Gasteiger charge is -2.29. The molecule has 28 heavy (non-hydrogen) atoms. The van der Waals surface area contributed by atoms with Crippen LogP contribution in [0.15, 0.2) is 36.7 Å².